The van der Waals surface area contributed by atoms with E-state index in [1.54, 1.807) is 0 Å². The molecule has 13 heteroatoms. The van der Waals surface area contributed by atoms with Gasteiger partial charge >= 0.3 is 5.97 Å². The Morgan fingerprint density at radius 2 is 1.72 bits per heavy atom. The summed E-state index contributed by atoms with van der Waals surface area (Å²) in [5.74, 6) is -3.45. The highest BCUT2D eigenvalue weighted by molar-refractivity contribution is 5.94. The van der Waals surface area contributed by atoms with Crippen molar-refractivity contribution in [3.05, 3.63) is 18.2 Å². The first-order valence-corrected chi connectivity index (χ1v) is 10.3. The largest absolute Gasteiger partial charge is 0.480 e. The van der Waals surface area contributed by atoms with Crippen LogP contribution in [0.25, 0.3) is 0 Å². The number of unbranched alkanes of at least 4 members (excludes halogenated alkanes) is 1. The van der Waals surface area contributed by atoms with Gasteiger partial charge in [-0.1, -0.05) is 0 Å². The van der Waals surface area contributed by atoms with Crippen molar-refractivity contribution in [2.75, 3.05) is 6.54 Å². The van der Waals surface area contributed by atoms with Crippen LogP contribution < -0.4 is 27.4 Å². The van der Waals surface area contributed by atoms with Crippen LogP contribution in [0.15, 0.2) is 12.5 Å². The molecule has 0 fully saturated rings. The highest BCUT2D eigenvalue weighted by Crippen LogP contribution is 2.05. The summed E-state index contributed by atoms with van der Waals surface area (Å²) in [6, 6.07) is -4.63. The maximum Gasteiger partial charge on any atom is 0.326 e. The monoisotopic (exact) mass is 455 g/mol. The number of carboxylic acid groups (broad SMARTS) is 1. The van der Waals surface area contributed by atoms with Gasteiger partial charge in [0.1, 0.15) is 18.1 Å². The molecule has 0 spiro atoms. The molecule has 0 bridgehead atoms. The number of hydrogen-bond donors (Lipinski definition) is 8. The van der Waals surface area contributed by atoms with E-state index in [9.17, 15) is 29.4 Å². The fourth-order valence-electron chi connectivity index (χ4n) is 2.80. The Morgan fingerprint density at radius 1 is 1.06 bits per heavy atom. The molecule has 0 aromatic carbocycles. The van der Waals surface area contributed by atoms with E-state index in [-0.39, 0.29) is 12.8 Å². The molecule has 0 aliphatic carbocycles. The molecule has 5 atom stereocenters. The van der Waals surface area contributed by atoms with Crippen molar-refractivity contribution in [1.82, 2.24) is 25.9 Å². The van der Waals surface area contributed by atoms with Gasteiger partial charge in [-0.15, -0.1) is 0 Å². The molecule has 0 saturated carbocycles. The van der Waals surface area contributed by atoms with Gasteiger partial charge in [0.05, 0.1) is 18.5 Å². The van der Waals surface area contributed by atoms with Crippen LogP contribution in [-0.2, 0) is 25.6 Å². The second-order valence-electron chi connectivity index (χ2n) is 7.54. The molecule has 13 nitrogen and oxygen atoms in total. The number of aromatic nitrogens is 2. The predicted octanol–water partition coefficient (Wildman–Crippen LogP) is -2.65. The fraction of sp³-hybridized carbons (Fsp3) is 0.632. The Labute approximate surface area is 185 Å². The van der Waals surface area contributed by atoms with E-state index in [1.807, 2.05) is 0 Å². The minimum Gasteiger partial charge on any atom is -0.480 e. The summed E-state index contributed by atoms with van der Waals surface area (Å²) in [5, 5.41) is 26.7. The van der Waals surface area contributed by atoms with Gasteiger partial charge in [0.15, 0.2) is 0 Å². The number of H-pyrrole nitrogens is 1. The van der Waals surface area contributed by atoms with Crippen molar-refractivity contribution in [2.45, 2.75) is 69.8 Å². The average molecular weight is 456 g/mol. The zero-order valence-corrected chi connectivity index (χ0v) is 18.2. The number of imidazole rings is 1. The molecule has 32 heavy (non-hydrogen) atoms. The van der Waals surface area contributed by atoms with Crippen LogP contribution in [0.1, 0.15) is 38.8 Å². The number of aliphatic hydroxyl groups is 1. The number of carbonyl (C=O) groups is 4. The summed E-state index contributed by atoms with van der Waals surface area (Å²) in [7, 11) is 0. The lowest BCUT2D eigenvalue weighted by Gasteiger charge is -2.26. The smallest absolute Gasteiger partial charge is 0.326 e. The maximum absolute atomic E-state index is 12.8. The number of nitrogens with one attached hydrogen (secondary N) is 4. The predicted molar refractivity (Wildman–Crippen MR) is 114 cm³/mol. The summed E-state index contributed by atoms with van der Waals surface area (Å²) < 4.78 is 0. The lowest BCUT2D eigenvalue weighted by molar-refractivity contribution is -0.143. The lowest BCUT2D eigenvalue weighted by Crippen LogP contribution is -2.59. The zero-order chi connectivity index (χ0) is 24.3. The summed E-state index contributed by atoms with van der Waals surface area (Å²) in [6.07, 6.45) is 2.77. The van der Waals surface area contributed by atoms with Gasteiger partial charge in [-0.05, 0) is 39.7 Å². The molecule has 0 saturated heterocycles. The van der Waals surface area contributed by atoms with Crippen molar-refractivity contribution in [3.8, 4) is 0 Å². The molecule has 1 aromatic rings. The van der Waals surface area contributed by atoms with Crippen LogP contribution >= 0.6 is 0 Å². The third-order valence-corrected chi connectivity index (χ3v) is 4.65. The molecule has 0 aliphatic heterocycles. The maximum atomic E-state index is 12.8. The van der Waals surface area contributed by atoms with E-state index in [0.717, 1.165) is 0 Å². The number of aliphatic carboxylic acids is 1. The number of nitrogens with two attached hydrogens (primary N) is 2. The van der Waals surface area contributed by atoms with E-state index in [4.69, 9.17) is 11.5 Å². The topological polar surface area (TPSA) is 226 Å². The highest BCUT2D eigenvalue weighted by Gasteiger charge is 2.32. The minimum atomic E-state index is -1.45. The van der Waals surface area contributed by atoms with Crippen molar-refractivity contribution in [1.29, 1.82) is 0 Å². The minimum absolute atomic E-state index is 0.0757. The van der Waals surface area contributed by atoms with E-state index in [0.29, 0.717) is 25.1 Å². The first-order chi connectivity index (χ1) is 15.1. The van der Waals surface area contributed by atoms with Gasteiger partial charge in [-0.25, -0.2) is 9.78 Å². The molecule has 10 N–H and O–H groups in total. The Kier molecular flexibility index (Phi) is 11.3. The molecule has 1 rings (SSSR count). The number of aliphatic hydroxyl groups excluding tert-OH is 1. The standard InChI is InChI=1S/C19H33N7O6/c1-10(21)16(28)24-13(5-3-4-6-20)17(29)26-15(11(2)27)18(30)25-14(19(31)32)7-12-8-22-9-23-12/h8-11,13-15,27H,3-7,20-21H2,1-2H3,(H,22,23)(H,24,28)(H,25,30)(H,26,29)(H,31,32). The molecule has 3 amide bonds. The van der Waals surface area contributed by atoms with Crippen LogP contribution in [0, 0.1) is 0 Å². The van der Waals surface area contributed by atoms with Crippen molar-refractivity contribution in [3.63, 3.8) is 0 Å². The van der Waals surface area contributed by atoms with Gasteiger partial charge in [-0.2, -0.15) is 0 Å². The molecule has 0 aliphatic rings. The van der Waals surface area contributed by atoms with E-state index in [2.05, 4.69) is 25.9 Å². The molecular formula is C19H33N7O6. The van der Waals surface area contributed by atoms with Crippen LogP contribution in [0.3, 0.4) is 0 Å². The molecule has 1 heterocycles. The Morgan fingerprint density at radius 3 is 2.22 bits per heavy atom. The first kappa shape index (κ1) is 27.0. The fourth-order valence-corrected chi connectivity index (χ4v) is 2.80. The third kappa shape index (κ3) is 8.99. The SMILES string of the molecule is CC(N)C(=O)NC(CCCCN)C(=O)NC(C(=O)NC(Cc1cnc[nH]1)C(=O)O)C(C)O. The molecule has 0 radical (unpaired) electrons. The quantitative estimate of drug-likeness (QED) is 0.137. The first-order valence-electron chi connectivity index (χ1n) is 10.3. The van der Waals surface area contributed by atoms with Crippen molar-refractivity contribution < 1.29 is 29.4 Å². The van der Waals surface area contributed by atoms with E-state index >= 15 is 0 Å². The van der Waals surface area contributed by atoms with Crippen molar-refractivity contribution >= 4 is 23.7 Å². The average Bonchev–Trinajstić information content (AvgIpc) is 3.23. The molecule has 1 aromatic heterocycles. The number of aromatic amines is 1. The van der Waals surface area contributed by atoms with Gasteiger partial charge in [0.2, 0.25) is 17.7 Å². The molecule has 180 valence electrons. The Balaban J connectivity index is 2.89. The van der Waals surface area contributed by atoms with Crippen LogP contribution in [0.5, 0.6) is 0 Å². The lowest BCUT2D eigenvalue weighted by atomic mass is 10.1. The van der Waals surface area contributed by atoms with Gasteiger partial charge in [0.25, 0.3) is 0 Å². The number of amides is 3. The summed E-state index contributed by atoms with van der Waals surface area (Å²) in [5.41, 5.74) is 11.5. The zero-order valence-electron chi connectivity index (χ0n) is 18.2. The Bertz CT molecular complexity index is 753. The van der Waals surface area contributed by atoms with Crippen LogP contribution in [-0.4, -0.2) is 80.7 Å². The number of nitrogens with zero attached hydrogens (tertiary/aromatic N) is 1. The van der Waals surface area contributed by atoms with Gasteiger partial charge in [-0.3, -0.25) is 14.4 Å². The Hall–Kier alpha value is -3.03. The third-order valence-electron chi connectivity index (χ3n) is 4.65. The van der Waals surface area contributed by atoms with Gasteiger partial charge in [0, 0.05) is 18.3 Å². The van der Waals surface area contributed by atoms with E-state index < -0.39 is 54.0 Å². The molecular weight excluding hydrogens is 422 g/mol. The van der Waals surface area contributed by atoms with E-state index in [1.165, 1.54) is 26.4 Å². The summed E-state index contributed by atoms with van der Waals surface area (Å²) in [6.45, 7) is 3.14. The normalized spacial score (nSPS) is 15.7. The number of carboxylic acids is 1. The number of carbonyl (C=O) groups excluding carboxylic acids is 3. The second-order valence-corrected chi connectivity index (χ2v) is 7.54. The summed E-state index contributed by atoms with van der Waals surface area (Å²) >= 11 is 0. The van der Waals surface area contributed by atoms with Crippen LogP contribution in [0.4, 0.5) is 0 Å². The number of hydrogen-bond acceptors (Lipinski definition) is 8. The van der Waals surface area contributed by atoms with Crippen LogP contribution in [0.2, 0.25) is 0 Å². The summed E-state index contributed by atoms with van der Waals surface area (Å²) in [4.78, 5) is 55.5. The highest BCUT2D eigenvalue weighted by atomic mass is 16.4. The number of rotatable bonds is 14. The molecule has 5 unspecified atom stereocenters. The van der Waals surface area contributed by atoms with Crippen molar-refractivity contribution in [2.24, 2.45) is 11.5 Å². The second kappa shape index (κ2) is 13.4. The van der Waals surface area contributed by atoms with Gasteiger partial charge < -0.3 is 42.6 Å².